The number of aliphatic hydroxyl groups is 1. The molecule has 9 nitrogen and oxygen atoms in total. The Hall–Kier alpha value is -3.14. The molecule has 0 radical (unpaired) electrons. The van der Waals surface area contributed by atoms with Crippen molar-refractivity contribution in [2.75, 3.05) is 29.5 Å². The van der Waals surface area contributed by atoms with Gasteiger partial charge in [0.2, 0.25) is 0 Å². The second kappa shape index (κ2) is 10.9. The number of carbonyl (C=O) groups is 2. The SMILES string of the molecule is CCCC(CO)NC(=O)c1ccc(N2CCC(N3C(=O)OCc4ccccc43)CC2)c([NH2+][O-])c1. The molecule has 1 fully saturated rings. The van der Waals surface area contributed by atoms with Crippen molar-refractivity contribution in [2.24, 2.45) is 0 Å². The molecule has 2 heterocycles. The van der Waals surface area contributed by atoms with Gasteiger partial charge in [-0.2, -0.15) is 0 Å². The van der Waals surface area contributed by atoms with Crippen LogP contribution in [0.5, 0.6) is 0 Å². The first-order valence-corrected chi connectivity index (χ1v) is 11.9. The van der Waals surface area contributed by atoms with Crippen LogP contribution in [-0.2, 0) is 11.3 Å². The summed E-state index contributed by atoms with van der Waals surface area (Å²) < 4.78 is 5.38. The van der Waals surface area contributed by atoms with Crippen molar-refractivity contribution in [2.45, 2.75) is 51.3 Å². The maximum atomic E-state index is 12.6. The van der Waals surface area contributed by atoms with Crippen molar-refractivity contribution in [3.63, 3.8) is 0 Å². The van der Waals surface area contributed by atoms with Crippen LogP contribution in [-0.4, -0.2) is 48.9 Å². The zero-order valence-electron chi connectivity index (χ0n) is 19.4. The van der Waals surface area contributed by atoms with E-state index in [9.17, 15) is 19.9 Å². The number of ether oxygens (including phenoxy) is 1. The van der Waals surface area contributed by atoms with E-state index in [2.05, 4.69) is 10.2 Å². The Kier molecular flexibility index (Phi) is 7.66. The fourth-order valence-corrected chi connectivity index (χ4v) is 4.79. The largest absolute Gasteiger partial charge is 0.630 e. The highest BCUT2D eigenvalue weighted by Crippen LogP contribution is 2.33. The van der Waals surface area contributed by atoms with Crippen LogP contribution in [0.4, 0.5) is 21.9 Å². The first kappa shape index (κ1) is 24.0. The number of amides is 2. The smallest absolute Gasteiger partial charge is 0.414 e. The summed E-state index contributed by atoms with van der Waals surface area (Å²) in [4.78, 5) is 29.0. The second-order valence-electron chi connectivity index (χ2n) is 8.80. The maximum absolute atomic E-state index is 12.6. The number of rotatable bonds is 8. The molecule has 2 aromatic carbocycles. The minimum Gasteiger partial charge on any atom is -0.630 e. The first-order chi connectivity index (χ1) is 16.5. The first-order valence-electron chi connectivity index (χ1n) is 11.9. The summed E-state index contributed by atoms with van der Waals surface area (Å²) in [5.74, 6) is -0.303. The number of hydrogen-bond acceptors (Lipinski definition) is 6. The number of cyclic esters (lactones) is 1. The molecule has 0 saturated carbocycles. The summed E-state index contributed by atoms with van der Waals surface area (Å²) in [6, 6.07) is 12.6. The molecule has 2 aliphatic heterocycles. The van der Waals surface area contributed by atoms with Crippen molar-refractivity contribution in [3.05, 3.63) is 58.8 Å². The minimum absolute atomic E-state index is 0.0175. The van der Waals surface area contributed by atoms with Crippen molar-refractivity contribution < 1.29 is 24.9 Å². The monoisotopic (exact) mass is 468 g/mol. The fourth-order valence-electron chi connectivity index (χ4n) is 4.79. The van der Waals surface area contributed by atoms with Gasteiger partial charge in [0.1, 0.15) is 6.61 Å². The Morgan fingerprint density at radius 3 is 2.71 bits per heavy atom. The number of benzene rings is 2. The lowest BCUT2D eigenvalue weighted by Gasteiger charge is -2.41. The average Bonchev–Trinajstić information content (AvgIpc) is 2.88. The van der Waals surface area contributed by atoms with Crippen LogP contribution in [0.25, 0.3) is 0 Å². The van der Waals surface area contributed by atoms with Gasteiger partial charge < -0.3 is 30.7 Å². The van der Waals surface area contributed by atoms with Gasteiger partial charge in [-0.1, -0.05) is 31.5 Å². The molecule has 2 aromatic rings. The van der Waals surface area contributed by atoms with Crippen molar-refractivity contribution >= 4 is 29.1 Å². The van der Waals surface area contributed by atoms with Crippen molar-refractivity contribution in [1.82, 2.24) is 5.32 Å². The second-order valence-corrected chi connectivity index (χ2v) is 8.80. The summed E-state index contributed by atoms with van der Waals surface area (Å²) in [5, 5.41) is 24.1. The normalized spacial score (nSPS) is 17.2. The van der Waals surface area contributed by atoms with Crippen LogP contribution in [0, 0.1) is 5.21 Å². The van der Waals surface area contributed by atoms with E-state index >= 15 is 0 Å². The number of para-hydroxylation sites is 1. The number of nitrogens with zero attached hydrogens (tertiary/aromatic N) is 2. The van der Waals surface area contributed by atoms with Gasteiger partial charge in [-0.3, -0.25) is 9.69 Å². The third-order valence-corrected chi connectivity index (χ3v) is 6.58. The minimum atomic E-state index is -0.314. The molecule has 0 bridgehead atoms. The summed E-state index contributed by atoms with van der Waals surface area (Å²) >= 11 is 0. The fraction of sp³-hybridized carbons (Fsp3) is 0.440. The summed E-state index contributed by atoms with van der Waals surface area (Å²) in [6.07, 6.45) is 2.69. The van der Waals surface area contributed by atoms with Gasteiger partial charge >= 0.3 is 6.09 Å². The van der Waals surface area contributed by atoms with E-state index in [0.29, 0.717) is 37.4 Å². The molecule has 0 aromatic heterocycles. The molecule has 4 N–H and O–H groups in total. The highest BCUT2D eigenvalue weighted by atomic mass is 16.6. The van der Waals surface area contributed by atoms with Gasteiger partial charge in [-0.05, 0) is 37.5 Å². The molecule has 0 spiro atoms. The lowest BCUT2D eigenvalue weighted by Crippen LogP contribution is -2.70. The van der Waals surface area contributed by atoms with E-state index in [1.54, 1.807) is 23.1 Å². The number of piperidine rings is 1. The Morgan fingerprint density at radius 2 is 2.00 bits per heavy atom. The molecule has 1 unspecified atom stereocenters. The van der Waals surface area contributed by atoms with Crippen LogP contribution in [0.3, 0.4) is 0 Å². The van der Waals surface area contributed by atoms with Crippen molar-refractivity contribution in [3.8, 4) is 0 Å². The van der Waals surface area contributed by atoms with E-state index < -0.39 is 0 Å². The lowest BCUT2D eigenvalue weighted by molar-refractivity contribution is -0.496. The quantitative estimate of drug-likeness (QED) is 0.404. The van der Waals surface area contributed by atoms with E-state index in [0.717, 1.165) is 41.7 Å². The topological polar surface area (TPSA) is 122 Å². The summed E-state index contributed by atoms with van der Waals surface area (Å²) in [7, 11) is 0. The molecule has 1 atom stereocenters. The average molecular weight is 469 g/mol. The Bertz CT molecular complexity index is 1020. The highest BCUT2D eigenvalue weighted by molar-refractivity contribution is 5.96. The summed E-state index contributed by atoms with van der Waals surface area (Å²) in [5.41, 5.74) is 4.30. The molecule has 2 amide bonds. The van der Waals surface area contributed by atoms with Crippen LogP contribution in [0.15, 0.2) is 42.5 Å². The van der Waals surface area contributed by atoms with Crippen LogP contribution >= 0.6 is 0 Å². The zero-order valence-corrected chi connectivity index (χ0v) is 19.4. The third kappa shape index (κ3) is 5.01. The van der Waals surface area contributed by atoms with E-state index in [1.807, 2.05) is 31.2 Å². The van der Waals surface area contributed by atoms with Gasteiger partial charge in [0.15, 0.2) is 5.69 Å². The van der Waals surface area contributed by atoms with Gasteiger partial charge in [-0.15, -0.1) is 0 Å². The highest BCUT2D eigenvalue weighted by Gasteiger charge is 2.34. The van der Waals surface area contributed by atoms with Crippen molar-refractivity contribution in [1.29, 1.82) is 0 Å². The molecule has 2 aliphatic rings. The summed E-state index contributed by atoms with van der Waals surface area (Å²) in [6.45, 7) is 3.51. The number of carbonyl (C=O) groups excluding carboxylic acids is 2. The number of quaternary nitrogens is 1. The van der Waals surface area contributed by atoms with Gasteiger partial charge in [0, 0.05) is 36.3 Å². The van der Waals surface area contributed by atoms with Crippen LogP contribution in [0.1, 0.15) is 48.5 Å². The Morgan fingerprint density at radius 1 is 1.24 bits per heavy atom. The molecule has 182 valence electrons. The molecule has 34 heavy (non-hydrogen) atoms. The van der Waals surface area contributed by atoms with E-state index in [4.69, 9.17) is 4.74 Å². The molecular weight excluding hydrogens is 436 g/mol. The van der Waals surface area contributed by atoms with E-state index in [1.165, 1.54) is 0 Å². The standard InChI is InChI=1S/C25H32N4O5/c1-2-5-19(15-30)26-24(31)17-8-9-23(21(14-17)27-33)28-12-10-20(11-13-28)29-22-7-4-3-6-18(22)16-34-25(29)32/h3-4,6-9,14,19-20,30H,2,5,10-13,15-16,27H2,1H3,(H,26,31). The zero-order chi connectivity index (χ0) is 24.1. The molecule has 0 aliphatic carbocycles. The number of nitrogens with two attached hydrogens (primary N) is 1. The number of aliphatic hydroxyl groups excluding tert-OH is 1. The number of hydrogen-bond donors (Lipinski definition) is 3. The molecule has 9 heteroatoms. The Balaban J connectivity index is 1.44. The number of anilines is 2. The van der Waals surface area contributed by atoms with Crippen LogP contribution < -0.4 is 20.6 Å². The predicted molar refractivity (Wildman–Crippen MR) is 129 cm³/mol. The maximum Gasteiger partial charge on any atom is 0.414 e. The number of nitrogens with one attached hydrogen (secondary N) is 1. The van der Waals surface area contributed by atoms with E-state index in [-0.39, 0.29) is 30.7 Å². The third-order valence-electron chi connectivity index (χ3n) is 6.58. The van der Waals surface area contributed by atoms with Gasteiger partial charge in [0.05, 0.1) is 24.0 Å². The number of fused-ring (bicyclic) bond motifs is 1. The molecule has 1 saturated heterocycles. The van der Waals surface area contributed by atoms with Gasteiger partial charge in [0.25, 0.3) is 5.91 Å². The van der Waals surface area contributed by atoms with Gasteiger partial charge in [-0.25, -0.2) is 4.79 Å². The molecule has 4 rings (SSSR count). The van der Waals surface area contributed by atoms with Crippen LogP contribution in [0.2, 0.25) is 0 Å². The Labute approximate surface area is 199 Å². The predicted octanol–water partition coefficient (Wildman–Crippen LogP) is 2.40. The molecular formula is C25H32N4O5. The lowest BCUT2D eigenvalue weighted by atomic mass is 9.99.